The van der Waals surface area contributed by atoms with Gasteiger partial charge >= 0.3 is 5.97 Å². The van der Waals surface area contributed by atoms with E-state index in [9.17, 15) is 9.59 Å². The maximum atomic E-state index is 12.8. The summed E-state index contributed by atoms with van der Waals surface area (Å²) in [5.41, 5.74) is 1.67. The van der Waals surface area contributed by atoms with Gasteiger partial charge in [-0.05, 0) is 48.7 Å². The van der Waals surface area contributed by atoms with Gasteiger partial charge in [-0.2, -0.15) is 0 Å². The van der Waals surface area contributed by atoms with Gasteiger partial charge < -0.3 is 9.47 Å². The zero-order valence-electron chi connectivity index (χ0n) is 18.0. The number of methoxy groups -OCH3 is 1. The highest BCUT2D eigenvalue weighted by molar-refractivity contribution is 8.26. The minimum Gasteiger partial charge on any atom is -0.489 e. The lowest BCUT2D eigenvalue weighted by molar-refractivity contribution is -0.140. The summed E-state index contributed by atoms with van der Waals surface area (Å²) in [6.07, 6.45) is 4.52. The van der Waals surface area contributed by atoms with Crippen molar-refractivity contribution in [3.8, 4) is 5.75 Å². The number of carbonyl (C=O) groups is 2. The zero-order chi connectivity index (χ0) is 23.8. The van der Waals surface area contributed by atoms with Gasteiger partial charge in [0.05, 0.1) is 12.0 Å². The minimum atomic E-state index is -0.217. The second kappa shape index (κ2) is 12.4. The van der Waals surface area contributed by atoms with Crippen LogP contribution in [0.25, 0.3) is 6.08 Å². The fraction of sp³-hybridized carbons (Fsp3) is 0.292. The Kier molecular flexibility index (Phi) is 9.62. The number of rotatable bonds is 10. The average Bonchev–Trinajstić information content (AvgIpc) is 3.05. The van der Waals surface area contributed by atoms with Gasteiger partial charge in [-0.1, -0.05) is 71.8 Å². The van der Waals surface area contributed by atoms with Crippen LogP contribution in [0.5, 0.6) is 5.75 Å². The molecule has 33 heavy (non-hydrogen) atoms. The van der Waals surface area contributed by atoms with Gasteiger partial charge in [-0.15, -0.1) is 0 Å². The molecule has 0 atom stereocenters. The van der Waals surface area contributed by atoms with E-state index >= 15 is 0 Å². The Morgan fingerprint density at radius 2 is 1.97 bits per heavy atom. The first kappa shape index (κ1) is 25.6. The number of unbranched alkanes of at least 4 members (excludes halogenated alkanes) is 2. The molecular weight excluding hydrogens is 501 g/mol. The third-order valence-electron chi connectivity index (χ3n) is 4.93. The number of ether oxygens (including phenoxy) is 2. The summed E-state index contributed by atoms with van der Waals surface area (Å²) in [5, 5.41) is 1.12. The van der Waals surface area contributed by atoms with Crippen LogP contribution < -0.4 is 4.74 Å². The van der Waals surface area contributed by atoms with Crippen molar-refractivity contribution in [2.24, 2.45) is 0 Å². The highest BCUT2D eigenvalue weighted by Crippen LogP contribution is 2.33. The second-order valence-electron chi connectivity index (χ2n) is 7.32. The number of hydrogen-bond acceptors (Lipinski definition) is 6. The predicted octanol–water partition coefficient (Wildman–Crippen LogP) is 6.51. The van der Waals surface area contributed by atoms with Crippen molar-refractivity contribution in [2.45, 2.75) is 32.3 Å². The Bertz CT molecular complexity index is 1070. The quantitative estimate of drug-likeness (QED) is 0.153. The molecule has 3 rings (SSSR count). The van der Waals surface area contributed by atoms with Gasteiger partial charge in [0.2, 0.25) is 0 Å². The van der Waals surface area contributed by atoms with Crippen LogP contribution in [0.4, 0.5) is 0 Å². The molecule has 5 nitrogen and oxygen atoms in total. The Labute approximate surface area is 213 Å². The van der Waals surface area contributed by atoms with Gasteiger partial charge in [-0.3, -0.25) is 14.5 Å². The zero-order valence-corrected chi connectivity index (χ0v) is 21.2. The minimum absolute atomic E-state index is 0.0998. The number of halogens is 2. The molecule has 2 aromatic carbocycles. The molecule has 0 unspecified atom stereocenters. The Morgan fingerprint density at radius 1 is 1.15 bits per heavy atom. The number of carbonyl (C=O) groups excluding carboxylic acids is 2. The van der Waals surface area contributed by atoms with Crippen molar-refractivity contribution in [3.05, 3.63) is 68.5 Å². The van der Waals surface area contributed by atoms with E-state index in [0.717, 1.165) is 30.4 Å². The summed E-state index contributed by atoms with van der Waals surface area (Å²) in [4.78, 5) is 26.2. The third kappa shape index (κ3) is 7.47. The molecule has 0 spiro atoms. The molecule has 0 saturated carbocycles. The van der Waals surface area contributed by atoms with E-state index in [1.54, 1.807) is 17.0 Å². The molecule has 1 fully saturated rings. The average molecular weight is 524 g/mol. The van der Waals surface area contributed by atoms with Crippen molar-refractivity contribution in [1.29, 1.82) is 0 Å². The molecule has 2 aromatic rings. The van der Waals surface area contributed by atoms with Crippen LogP contribution in [0.2, 0.25) is 10.0 Å². The second-order valence-corrected chi connectivity index (χ2v) is 9.84. The van der Waals surface area contributed by atoms with Gasteiger partial charge in [0.1, 0.15) is 16.7 Å². The fourth-order valence-electron chi connectivity index (χ4n) is 3.16. The maximum absolute atomic E-state index is 12.8. The van der Waals surface area contributed by atoms with Crippen LogP contribution in [0.3, 0.4) is 0 Å². The fourth-order valence-corrected chi connectivity index (χ4v) is 4.93. The molecule has 0 aromatic heterocycles. The molecule has 1 amide bonds. The molecule has 1 aliphatic rings. The van der Waals surface area contributed by atoms with Gasteiger partial charge in [-0.25, -0.2) is 0 Å². The number of thiocarbonyl (C=S) groups is 1. The topological polar surface area (TPSA) is 55.8 Å². The monoisotopic (exact) mass is 523 g/mol. The highest BCUT2D eigenvalue weighted by atomic mass is 35.5. The predicted molar refractivity (Wildman–Crippen MR) is 138 cm³/mol. The summed E-state index contributed by atoms with van der Waals surface area (Å²) in [7, 11) is 1.38. The molecule has 1 saturated heterocycles. The summed E-state index contributed by atoms with van der Waals surface area (Å²) < 4.78 is 11.1. The first-order valence-electron chi connectivity index (χ1n) is 10.4. The number of benzene rings is 2. The molecule has 0 aliphatic carbocycles. The summed E-state index contributed by atoms with van der Waals surface area (Å²) in [6.45, 7) is 0.839. The van der Waals surface area contributed by atoms with Crippen LogP contribution in [0, 0.1) is 0 Å². The van der Waals surface area contributed by atoms with E-state index in [-0.39, 0.29) is 11.9 Å². The van der Waals surface area contributed by atoms with Crippen LogP contribution >= 0.6 is 47.2 Å². The number of hydrogen-bond donors (Lipinski definition) is 0. The van der Waals surface area contributed by atoms with E-state index in [4.69, 9.17) is 40.2 Å². The first-order valence-corrected chi connectivity index (χ1v) is 12.3. The van der Waals surface area contributed by atoms with E-state index < -0.39 is 0 Å². The van der Waals surface area contributed by atoms with E-state index in [1.165, 1.54) is 18.9 Å². The number of amides is 1. The van der Waals surface area contributed by atoms with E-state index in [0.29, 0.717) is 44.6 Å². The lowest BCUT2D eigenvalue weighted by atomic mass is 10.2. The summed E-state index contributed by atoms with van der Waals surface area (Å²) >= 11 is 18.8. The van der Waals surface area contributed by atoms with E-state index in [2.05, 4.69) is 4.74 Å². The van der Waals surface area contributed by atoms with Crippen molar-refractivity contribution in [1.82, 2.24) is 4.90 Å². The van der Waals surface area contributed by atoms with Crippen LogP contribution in [-0.4, -0.2) is 34.8 Å². The van der Waals surface area contributed by atoms with E-state index in [1.807, 2.05) is 36.4 Å². The lowest BCUT2D eigenvalue weighted by Crippen LogP contribution is -2.29. The smallest absolute Gasteiger partial charge is 0.305 e. The molecule has 174 valence electrons. The van der Waals surface area contributed by atoms with Crippen LogP contribution in [0.1, 0.15) is 36.8 Å². The summed E-state index contributed by atoms with van der Waals surface area (Å²) in [6, 6.07) is 12.8. The van der Waals surface area contributed by atoms with Crippen molar-refractivity contribution < 1.29 is 19.1 Å². The van der Waals surface area contributed by atoms with Gasteiger partial charge in [0.25, 0.3) is 5.91 Å². The molecule has 0 N–H and O–H groups in total. The van der Waals surface area contributed by atoms with Crippen molar-refractivity contribution >= 4 is 69.5 Å². The highest BCUT2D eigenvalue weighted by Gasteiger charge is 2.31. The number of esters is 1. The van der Waals surface area contributed by atoms with Gasteiger partial charge in [0, 0.05) is 28.6 Å². The van der Waals surface area contributed by atoms with Crippen LogP contribution in [0.15, 0.2) is 47.4 Å². The normalized spacial score (nSPS) is 14.8. The standard InChI is InChI=1S/C24H23Cl2NO4S2/c1-30-22(28)8-3-2-4-11-27-23(29)21(33-24(27)32)13-16-6-5-7-19(12-16)31-15-17-9-10-18(25)14-20(17)26/h5-7,9-10,12-14H,2-4,8,11,15H2,1H3/b21-13+. The largest absolute Gasteiger partial charge is 0.489 e. The van der Waals surface area contributed by atoms with Crippen molar-refractivity contribution in [3.63, 3.8) is 0 Å². The Balaban J connectivity index is 1.57. The molecule has 0 bridgehead atoms. The van der Waals surface area contributed by atoms with Crippen molar-refractivity contribution in [2.75, 3.05) is 13.7 Å². The maximum Gasteiger partial charge on any atom is 0.305 e. The molecule has 1 aliphatic heterocycles. The Hall–Kier alpha value is -2.06. The number of nitrogens with zero attached hydrogens (tertiary/aromatic N) is 1. The molecular formula is C24H23Cl2NO4S2. The molecule has 9 heteroatoms. The molecule has 1 heterocycles. The molecule has 0 radical (unpaired) electrons. The lowest BCUT2D eigenvalue weighted by Gasteiger charge is -2.13. The number of thioether (sulfide) groups is 1. The first-order chi connectivity index (χ1) is 15.9. The Morgan fingerprint density at radius 3 is 2.73 bits per heavy atom. The van der Waals surface area contributed by atoms with Crippen LogP contribution in [-0.2, 0) is 20.9 Å². The van der Waals surface area contributed by atoms with Gasteiger partial charge in [0.15, 0.2) is 0 Å². The SMILES string of the molecule is COC(=O)CCCCCN1C(=O)/C(=C\c2cccc(OCc3ccc(Cl)cc3Cl)c2)SC1=S. The summed E-state index contributed by atoms with van der Waals surface area (Å²) in [5.74, 6) is 0.346. The third-order valence-corrected chi connectivity index (χ3v) is 6.89.